The highest BCUT2D eigenvalue weighted by Gasteiger charge is 2.60. The van der Waals surface area contributed by atoms with Gasteiger partial charge in [-0.25, -0.2) is 0 Å². The topological polar surface area (TPSA) is 205 Å². The van der Waals surface area contributed by atoms with Gasteiger partial charge in [0, 0.05) is 23.5 Å². The molecular weight excluding hydrogens is 450 g/mol. The minimum absolute atomic E-state index is 0.265. The van der Waals surface area contributed by atoms with E-state index in [9.17, 15) is 44.9 Å². The summed E-state index contributed by atoms with van der Waals surface area (Å²) in [5.41, 5.74) is 3.40. The summed E-state index contributed by atoms with van der Waals surface area (Å²) >= 11 is 0. The molecule has 1 aromatic carbocycles. The van der Waals surface area contributed by atoms with Gasteiger partial charge in [0.05, 0.1) is 28.6 Å². The highest BCUT2D eigenvalue weighted by atomic mass is 16.6. The number of aromatic hydroxyl groups is 1. The van der Waals surface area contributed by atoms with Crippen molar-refractivity contribution < 1.29 is 39.7 Å². The van der Waals surface area contributed by atoms with Crippen LogP contribution in [0.15, 0.2) is 29.0 Å². The number of carbonyl (C=O) groups is 3. The first-order valence-electron chi connectivity index (χ1n) is 10.4. The van der Waals surface area contributed by atoms with Crippen molar-refractivity contribution in [1.82, 2.24) is 4.90 Å². The van der Waals surface area contributed by atoms with Crippen molar-refractivity contribution in [2.24, 2.45) is 23.5 Å². The van der Waals surface area contributed by atoms with Gasteiger partial charge in [0.1, 0.15) is 17.1 Å². The SMILES string of the molecule is C[C@H]1c2ccc([N+](=O)[O-])c(O)c2C(O)=C2C(=O)C3C(=O)C(C(N)=O)=C(O)[C@@H](N(C)C)C3[C@@H](O)C21. The number of likely N-dealkylation sites (N-methyl/N-ethyl adjacent to an activating group) is 1. The normalized spacial score (nSPS) is 30.7. The molecule has 1 saturated carbocycles. The van der Waals surface area contributed by atoms with Crippen molar-refractivity contribution in [3.8, 4) is 5.75 Å². The van der Waals surface area contributed by atoms with Gasteiger partial charge in [-0.05, 0) is 25.6 Å². The molecule has 0 saturated heterocycles. The van der Waals surface area contributed by atoms with Gasteiger partial charge >= 0.3 is 5.69 Å². The molecule has 1 fully saturated rings. The number of benzene rings is 1. The summed E-state index contributed by atoms with van der Waals surface area (Å²) in [6.45, 7) is 1.61. The van der Waals surface area contributed by atoms with E-state index in [2.05, 4.69) is 0 Å². The Kier molecular flexibility index (Phi) is 5.25. The van der Waals surface area contributed by atoms with E-state index in [-0.39, 0.29) is 16.7 Å². The summed E-state index contributed by atoms with van der Waals surface area (Å²) in [7, 11) is 3.06. The Morgan fingerprint density at radius 1 is 1.15 bits per heavy atom. The van der Waals surface area contributed by atoms with Gasteiger partial charge in [0.25, 0.3) is 5.91 Å². The van der Waals surface area contributed by atoms with Crippen molar-refractivity contribution in [1.29, 1.82) is 0 Å². The second-order valence-corrected chi connectivity index (χ2v) is 9.04. The lowest BCUT2D eigenvalue weighted by Gasteiger charge is -2.50. The maximum Gasteiger partial charge on any atom is 0.311 e. The zero-order valence-electron chi connectivity index (χ0n) is 18.4. The van der Waals surface area contributed by atoms with Gasteiger partial charge < -0.3 is 26.2 Å². The standard InChI is InChI=1S/C22H23N3O9/c1-6-7-4-5-8(25(33)34)16(26)10(7)18(28)12-9(6)17(27)11-13(19(12)29)20(30)14(22(23)32)21(31)15(11)24(2)3/h4-6,9,11,13,15,17,26-28,31H,1-3H3,(H2,23,32)/t6-,9?,11?,13?,15-,17-/m0/s1. The number of amides is 1. The number of hydrogen-bond donors (Lipinski definition) is 5. The molecule has 0 aromatic heterocycles. The van der Waals surface area contributed by atoms with Crippen molar-refractivity contribution in [2.75, 3.05) is 14.1 Å². The molecular formula is C22H23N3O9. The highest BCUT2D eigenvalue weighted by Crippen LogP contribution is 2.55. The number of nitrogens with two attached hydrogens (primary N) is 1. The van der Waals surface area contributed by atoms with E-state index in [0.29, 0.717) is 0 Å². The first kappa shape index (κ1) is 23.4. The first-order chi connectivity index (χ1) is 15.8. The van der Waals surface area contributed by atoms with Crippen LogP contribution in [0.5, 0.6) is 5.75 Å². The number of rotatable bonds is 3. The second kappa shape index (κ2) is 7.64. The number of ketones is 2. The molecule has 0 bridgehead atoms. The number of hydrogen-bond acceptors (Lipinski definition) is 10. The molecule has 34 heavy (non-hydrogen) atoms. The number of nitrogens with zero attached hydrogens (tertiary/aromatic N) is 2. The third-order valence-corrected chi connectivity index (χ3v) is 7.17. The van der Waals surface area contributed by atoms with E-state index in [1.165, 1.54) is 25.1 Å². The summed E-state index contributed by atoms with van der Waals surface area (Å²) < 4.78 is 0. The monoisotopic (exact) mass is 473 g/mol. The lowest BCUT2D eigenvalue weighted by molar-refractivity contribution is -0.385. The maximum atomic E-state index is 13.6. The van der Waals surface area contributed by atoms with Gasteiger partial charge in [-0.2, -0.15) is 0 Å². The van der Waals surface area contributed by atoms with Crippen molar-refractivity contribution in [2.45, 2.75) is 25.0 Å². The molecule has 3 unspecified atom stereocenters. The molecule has 1 amide bonds. The molecule has 3 aliphatic rings. The molecule has 6 atom stereocenters. The summed E-state index contributed by atoms with van der Waals surface area (Å²) in [4.78, 5) is 50.6. The van der Waals surface area contributed by atoms with Crippen LogP contribution in [0.25, 0.3) is 5.76 Å². The molecule has 6 N–H and O–H groups in total. The Morgan fingerprint density at radius 2 is 1.76 bits per heavy atom. The van der Waals surface area contributed by atoms with Crippen LogP contribution < -0.4 is 5.73 Å². The van der Waals surface area contributed by atoms with Crippen molar-refractivity contribution in [3.63, 3.8) is 0 Å². The summed E-state index contributed by atoms with van der Waals surface area (Å²) in [6.07, 6.45) is -1.45. The molecule has 0 aliphatic heterocycles. The van der Waals surface area contributed by atoms with E-state index in [0.717, 1.165) is 6.07 Å². The highest BCUT2D eigenvalue weighted by molar-refractivity contribution is 6.28. The molecule has 12 heteroatoms. The van der Waals surface area contributed by atoms with Gasteiger partial charge in [0.2, 0.25) is 5.75 Å². The number of primary amides is 1. The summed E-state index contributed by atoms with van der Waals surface area (Å²) in [6, 6.07) is 1.28. The Bertz CT molecular complexity index is 1230. The van der Waals surface area contributed by atoms with Crippen LogP contribution in [0, 0.1) is 27.9 Å². The van der Waals surface area contributed by atoms with Crippen LogP contribution in [0.3, 0.4) is 0 Å². The Labute approximate surface area is 192 Å². The second-order valence-electron chi connectivity index (χ2n) is 9.04. The maximum absolute atomic E-state index is 13.6. The number of carbonyl (C=O) groups excluding carboxylic acids is 3. The number of nitro groups is 1. The Hall–Kier alpha value is -3.77. The minimum atomic E-state index is -1.65. The van der Waals surface area contributed by atoms with Crippen LogP contribution >= 0.6 is 0 Å². The number of Topliss-reactive ketones (excluding diaryl/α,β-unsaturated/α-hetero) is 2. The number of nitro benzene ring substituents is 1. The lowest BCUT2D eigenvalue weighted by Crippen LogP contribution is -2.61. The third kappa shape index (κ3) is 2.88. The van der Waals surface area contributed by atoms with Crippen LogP contribution in [0.4, 0.5) is 5.69 Å². The number of fused-ring (bicyclic) bond motifs is 3. The molecule has 1 aromatic rings. The van der Waals surface area contributed by atoms with E-state index in [1.807, 2.05) is 0 Å². The summed E-state index contributed by atoms with van der Waals surface area (Å²) in [5, 5.41) is 54.9. The zero-order valence-corrected chi connectivity index (χ0v) is 18.4. The third-order valence-electron chi connectivity index (χ3n) is 7.17. The number of phenolic OH excluding ortho intramolecular Hbond substituents is 1. The largest absolute Gasteiger partial charge is 0.510 e. The average molecular weight is 473 g/mol. The summed E-state index contributed by atoms with van der Waals surface area (Å²) in [5.74, 6) is -10.1. The van der Waals surface area contributed by atoms with Gasteiger partial charge in [-0.1, -0.05) is 13.0 Å². The smallest absolute Gasteiger partial charge is 0.311 e. The van der Waals surface area contributed by atoms with Gasteiger partial charge in [-0.15, -0.1) is 0 Å². The van der Waals surface area contributed by atoms with Crippen LogP contribution in [-0.4, -0.2) is 74.0 Å². The molecule has 0 spiro atoms. The average Bonchev–Trinajstić information content (AvgIpc) is 2.73. The molecule has 0 heterocycles. The Balaban J connectivity index is 1.99. The minimum Gasteiger partial charge on any atom is -0.510 e. The predicted molar refractivity (Wildman–Crippen MR) is 116 cm³/mol. The van der Waals surface area contributed by atoms with Crippen molar-refractivity contribution >= 4 is 28.9 Å². The molecule has 3 aliphatic carbocycles. The molecule has 0 radical (unpaired) electrons. The predicted octanol–water partition coefficient (Wildman–Crippen LogP) is 0.289. The number of phenols is 1. The van der Waals surface area contributed by atoms with E-state index < -0.39 is 86.7 Å². The van der Waals surface area contributed by atoms with Crippen LogP contribution in [0.1, 0.15) is 24.0 Å². The number of aliphatic hydroxyl groups is 3. The fraction of sp³-hybridized carbons (Fsp3) is 0.409. The van der Waals surface area contributed by atoms with Crippen molar-refractivity contribution in [3.05, 3.63) is 50.3 Å². The van der Waals surface area contributed by atoms with E-state index in [1.54, 1.807) is 6.92 Å². The molecule has 180 valence electrons. The fourth-order valence-electron chi connectivity index (χ4n) is 5.75. The first-order valence-corrected chi connectivity index (χ1v) is 10.4. The van der Waals surface area contributed by atoms with Gasteiger partial charge in [-0.3, -0.25) is 29.4 Å². The van der Waals surface area contributed by atoms with Crippen LogP contribution in [0.2, 0.25) is 0 Å². The quantitative estimate of drug-likeness (QED) is 0.175. The lowest BCUT2D eigenvalue weighted by atomic mass is 9.56. The molecule has 4 rings (SSSR count). The van der Waals surface area contributed by atoms with Gasteiger partial charge in [0.15, 0.2) is 11.6 Å². The number of aliphatic hydroxyl groups excluding tert-OH is 3. The van der Waals surface area contributed by atoms with E-state index in [4.69, 9.17) is 5.73 Å². The molecule has 12 nitrogen and oxygen atoms in total. The Morgan fingerprint density at radius 3 is 2.29 bits per heavy atom. The van der Waals surface area contributed by atoms with E-state index >= 15 is 0 Å². The zero-order chi connectivity index (χ0) is 25.4. The fourth-order valence-corrected chi connectivity index (χ4v) is 5.75. The van der Waals surface area contributed by atoms with Crippen LogP contribution in [-0.2, 0) is 14.4 Å².